The average molecular weight is 243 g/mol. The second kappa shape index (κ2) is 5.69. The Kier molecular flexibility index (Phi) is 4.21. The van der Waals surface area contributed by atoms with Crippen molar-refractivity contribution in [3.8, 4) is 0 Å². The third kappa shape index (κ3) is 3.69. The van der Waals surface area contributed by atoms with Crippen LogP contribution in [0.2, 0.25) is 0 Å². The first kappa shape index (κ1) is 13.3. The van der Waals surface area contributed by atoms with Gasteiger partial charge in [-0.2, -0.15) is 0 Å². The molecule has 2 rings (SSSR count). The second-order valence-corrected chi connectivity index (χ2v) is 6.56. The molecule has 0 N–H and O–H groups in total. The summed E-state index contributed by atoms with van der Waals surface area (Å²) in [6, 6.07) is 11.0. The summed E-state index contributed by atoms with van der Waals surface area (Å²) in [7, 11) is 0. The molecule has 1 saturated carbocycles. The highest BCUT2D eigenvalue weighted by Crippen LogP contribution is 2.38. The van der Waals surface area contributed by atoms with E-state index in [4.69, 9.17) is 4.99 Å². The third-order valence-electron chi connectivity index (χ3n) is 4.16. The zero-order chi connectivity index (χ0) is 13.0. The molecule has 1 aliphatic carbocycles. The molecular formula is C17H25N. The Bertz CT molecular complexity index is 378. The number of benzene rings is 1. The molecule has 98 valence electrons. The SMILES string of the molecule is CC(C)(C)C1CCC(N=Cc2ccccc2)CC1. The fraction of sp³-hybridized carbons (Fsp3) is 0.588. The lowest BCUT2D eigenvalue weighted by Crippen LogP contribution is -2.27. The van der Waals surface area contributed by atoms with Crippen molar-refractivity contribution in [2.24, 2.45) is 16.3 Å². The van der Waals surface area contributed by atoms with Gasteiger partial charge in [0.1, 0.15) is 0 Å². The van der Waals surface area contributed by atoms with Gasteiger partial charge in [-0.3, -0.25) is 4.99 Å². The van der Waals surface area contributed by atoms with Crippen molar-refractivity contribution in [2.75, 3.05) is 0 Å². The van der Waals surface area contributed by atoms with Gasteiger partial charge in [0.25, 0.3) is 0 Å². The number of hydrogen-bond donors (Lipinski definition) is 0. The van der Waals surface area contributed by atoms with Gasteiger partial charge < -0.3 is 0 Å². The van der Waals surface area contributed by atoms with E-state index in [1.165, 1.54) is 31.2 Å². The number of hydrogen-bond acceptors (Lipinski definition) is 1. The van der Waals surface area contributed by atoms with Crippen LogP contribution < -0.4 is 0 Å². The van der Waals surface area contributed by atoms with E-state index in [9.17, 15) is 0 Å². The maximum Gasteiger partial charge on any atom is 0.0500 e. The zero-order valence-corrected chi connectivity index (χ0v) is 11.9. The maximum atomic E-state index is 4.74. The van der Waals surface area contributed by atoms with E-state index in [-0.39, 0.29) is 0 Å². The molecule has 0 aromatic heterocycles. The number of aliphatic imine (C=N–C) groups is 1. The van der Waals surface area contributed by atoms with Crippen LogP contribution in [-0.4, -0.2) is 12.3 Å². The van der Waals surface area contributed by atoms with Crippen molar-refractivity contribution < 1.29 is 0 Å². The first-order valence-corrected chi connectivity index (χ1v) is 7.14. The molecule has 0 spiro atoms. The second-order valence-electron chi connectivity index (χ2n) is 6.56. The first-order valence-electron chi connectivity index (χ1n) is 7.14. The van der Waals surface area contributed by atoms with Gasteiger partial charge in [-0.05, 0) is 42.6 Å². The maximum absolute atomic E-state index is 4.74. The molecule has 0 radical (unpaired) electrons. The normalized spacial score (nSPS) is 25.5. The predicted molar refractivity (Wildman–Crippen MR) is 79.2 cm³/mol. The molecule has 0 heterocycles. The molecule has 0 saturated heterocycles. The van der Waals surface area contributed by atoms with Gasteiger partial charge in [-0.1, -0.05) is 51.1 Å². The fourth-order valence-corrected chi connectivity index (χ4v) is 2.82. The summed E-state index contributed by atoms with van der Waals surface area (Å²) in [5, 5.41) is 0. The van der Waals surface area contributed by atoms with E-state index in [1.807, 2.05) is 12.3 Å². The molecule has 1 heteroatoms. The van der Waals surface area contributed by atoms with Gasteiger partial charge in [0, 0.05) is 12.3 Å². The summed E-state index contributed by atoms with van der Waals surface area (Å²) in [5.41, 5.74) is 1.68. The quantitative estimate of drug-likeness (QED) is 0.667. The van der Waals surface area contributed by atoms with Crippen LogP contribution in [0.5, 0.6) is 0 Å². The van der Waals surface area contributed by atoms with Crippen LogP contribution in [0.3, 0.4) is 0 Å². The standard InChI is InChI=1S/C17H25N/c1-17(2,3)15-9-11-16(12-10-15)18-13-14-7-5-4-6-8-14/h4-8,13,15-16H,9-12H2,1-3H3. The Hall–Kier alpha value is -1.11. The highest BCUT2D eigenvalue weighted by Gasteiger charge is 2.29. The molecule has 1 fully saturated rings. The van der Waals surface area contributed by atoms with Crippen molar-refractivity contribution in [3.63, 3.8) is 0 Å². The zero-order valence-electron chi connectivity index (χ0n) is 11.9. The van der Waals surface area contributed by atoms with Gasteiger partial charge in [0.05, 0.1) is 0 Å². The molecule has 1 aromatic carbocycles. The van der Waals surface area contributed by atoms with Gasteiger partial charge in [-0.25, -0.2) is 0 Å². The summed E-state index contributed by atoms with van der Waals surface area (Å²) in [6.45, 7) is 7.10. The Morgan fingerprint density at radius 1 is 1.00 bits per heavy atom. The fourth-order valence-electron chi connectivity index (χ4n) is 2.82. The largest absolute Gasteiger partial charge is 0.289 e. The van der Waals surface area contributed by atoms with Gasteiger partial charge >= 0.3 is 0 Å². The topological polar surface area (TPSA) is 12.4 Å². The van der Waals surface area contributed by atoms with Crippen LogP contribution in [0.15, 0.2) is 35.3 Å². The van der Waals surface area contributed by atoms with Crippen LogP contribution in [-0.2, 0) is 0 Å². The van der Waals surface area contributed by atoms with Crippen molar-refractivity contribution in [1.29, 1.82) is 0 Å². The van der Waals surface area contributed by atoms with E-state index in [1.54, 1.807) is 0 Å². The lowest BCUT2D eigenvalue weighted by Gasteiger charge is -2.35. The highest BCUT2D eigenvalue weighted by molar-refractivity contribution is 5.79. The van der Waals surface area contributed by atoms with Crippen molar-refractivity contribution >= 4 is 6.21 Å². The van der Waals surface area contributed by atoms with Gasteiger partial charge in [-0.15, -0.1) is 0 Å². The summed E-state index contributed by atoms with van der Waals surface area (Å²) in [4.78, 5) is 4.74. The minimum atomic E-state index is 0.466. The molecule has 0 atom stereocenters. The predicted octanol–water partition coefficient (Wildman–Crippen LogP) is 4.71. The van der Waals surface area contributed by atoms with E-state index in [2.05, 4.69) is 45.0 Å². The molecule has 1 aromatic rings. The molecule has 1 nitrogen and oxygen atoms in total. The summed E-state index contributed by atoms with van der Waals surface area (Å²) < 4.78 is 0. The van der Waals surface area contributed by atoms with Gasteiger partial charge in [0.15, 0.2) is 0 Å². The summed E-state index contributed by atoms with van der Waals surface area (Å²) in [6.07, 6.45) is 7.22. The first-order chi connectivity index (χ1) is 8.55. The van der Waals surface area contributed by atoms with Crippen molar-refractivity contribution in [2.45, 2.75) is 52.5 Å². The molecule has 0 aliphatic heterocycles. The van der Waals surface area contributed by atoms with E-state index in [0.29, 0.717) is 11.5 Å². The molecule has 0 amide bonds. The number of rotatable bonds is 2. The lowest BCUT2D eigenvalue weighted by molar-refractivity contribution is 0.170. The molecule has 0 bridgehead atoms. The number of nitrogens with zero attached hydrogens (tertiary/aromatic N) is 1. The van der Waals surface area contributed by atoms with Crippen molar-refractivity contribution in [3.05, 3.63) is 35.9 Å². The molecule has 18 heavy (non-hydrogen) atoms. The summed E-state index contributed by atoms with van der Waals surface area (Å²) >= 11 is 0. The Morgan fingerprint density at radius 2 is 1.61 bits per heavy atom. The Balaban J connectivity index is 1.86. The molecule has 0 unspecified atom stereocenters. The Labute approximate surface area is 111 Å². The average Bonchev–Trinajstić information content (AvgIpc) is 2.37. The van der Waals surface area contributed by atoms with Crippen LogP contribution in [0, 0.1) is 11.3 Å². The minimum Gasteiger partial charge on any atom is -0.289 e. The van der Waals surface area contributed by atoms with Crippen LogP contribution in [0.1, 0.15) is 52.0 Å². The van der Waals surface area contributed by atoms with E-state index < -0.39 is 0 Å². The van der Waals surface area contributed by atoms with E-state index >= 15 is 0 Å². The third-order valence-corrected chi connectivity index (χ3v) is 4.16. The summed E-state index contributed by atoms with van der Waals surface area (Å²) in [5.74, 6) is 0.876. The molecular weight excluding hydrogens is 218 g/mol. The molecule has 1 aliphatic rings. The minimum absolute atomic E-state index is 0.466. The van der Waals surface area contributed by atoms with Crippen LogP contribution >= 0.6 is 0 Å². The smallest absolute Gasteiger partial charge is 0.0500 e. The monoisotopic (exact) mass is 243 g/mol. The van der Waals surface area contributed by atoms with Crippen LogP contribution in [0.4, 0.5) is 0 Å². The van der Waals surface area contributed by atoms with Gasteiger partial charge in [0.2, 0.25) is 0 Å². The van der Waals surface area contributed by atoms with E-state index in [0.717, 1.165) is 5.92 Å². The lowest BCUT2D eigenvalue weighted by atomic mass is 9.71. The van der Waals surface area contributed by atoms with Crippen molar-refractivity contribution in [1.82, 2.24) is 0 Å². The Morgan fingerprint density at radius 3 is 2.17 bits per heavy atom. The van der Waals surface area contributed by atoms with Crippen LogP contribution in [0.25, 0.3) is 0 Å². The highest BCUT2D eigenvalue weighted by atomic mass is 14.8.